The Balaban J connectivity index is 2.38. The number of H-pyrrole nitrogens is 1. The Bertz CT molecular complexity index is 486. The highest BCUT2D eigenvalue weighted by molar-refractivity contribution is 5.30. The molecule has 1 saturated carbocycles. The normalized spacial score (nSPS) is 17.4. The molecule has 5 heteroatoms. The molecule has 0 unspecified atom stereocenters. The summed E-state index contributed by atoms with van der Waals surface area (Å²) in [6.45, 7) is 2.19. The number of rotatable bonds is 3. The summed E-state index contributed by atoms with van der Waals surface area (Å²) in [7, 11) is 0. The molecule has 5 nitrogen and oxygen atoms in total. The highest BCUT2D eigenvalue weighted by atomic mass is 16.1. The number of nitrogens with two attached hydrogens (primary N) is 1. The van der Waals surface area contributed by atoms with Crippen LogP contribution in [0.2, 0.25) is 0 Å². The third kappa shape index (κ3) is 2.78. The molecular formula is C13H20N4O. The molecule has 18 heavy (non-hydrogen) atoms. The molecule has 0 aromatic carbocycles. The van der Waals surface area contributed by atoms with Crippen LogP contribution in [-0.4, -0.2) is 4.98 Å². The lowest BCUT2D eigenvalue weighted by atomic mass is 9.82. The smallest absolute Gasteiger partial charge is 0.253 e. The van der Waals surface area contributed by atoms with Crippen molar-refractivity contribution in [3.8, 4) is 0 Å². The van der Waals surface area contributed by atoms with Gasteiger partial charge < -0.3 is 10.8 Å². The van der Waals surface area contributed by atoms with Gasteiger partial charge in [0.2, 0.25) is 0 Å². The number of aromatic amines is 1. The van der Waals surface area contributed by atoms with Crippen molar-refractivity contribution in [3.05, 3.63) is 33.2 Å². The van der Waals surface area contributed by atoms with Gasteiger partial charge in [0, 0.05) is 11.3 Å². The second kappa shape index (κ2) is 5.80. The van der Waals surface area contributed by atoms with Crippen molar-refractivity contribution in [2.75, 3.05) is 0 Å². The Morgan fingerprint density at radius 1 is 1.39 bits per heavy atom. The maximum absolute atomic E-state index is 12.0. The second-order valence-corrected chi connectivity index (χ2v) is 4.97. The molecule has 1 aromatic rings. The van der Waals surface area contributed by atoms with Crippen LogP contribution in [0.15, 0.2) is 21.2 Å². The molecule has 98 valence electrons. The minimum absolute atomic E-state index is 0.0528. The van der Waals surface area contributed by atoms with E-state index in [1.165, 1.54) is 19.3 Å². The summed E-state index contributed by atoms with van der Waals surface area (Å²) >= 11 is 0. The van der Waals surface area contributed by atoms with Gasteiger partial charge in [-0.1, -0.05) is 24.5 Å². The summed E-state index contributed by atoms with van der Waals surface area (Å²) in [5.41, 5.74) is 2.72. The fourth-order valence-corrected chi connectivity index (χ4v) is 2.79. The maximum atomic E-state index is 12.0. The molecule has 2 rings (SSSR count). The largest absolute Gasteiger partial charge is 0.326 e. The van der Waals surface area contributed by atoms with Gasteiger partial charge in [-0.3, -0.25) is 4.79 Å². The summed E-state index contributed by atoms with van der Waals surface area (Å²) < 4.78 is 0. The molecule has 0 saturated heterocycles. The summed E-state index contributed by atoms with van der Waals surface area (Å²) in [5, 5.41) is 7.02. The van der Waals surface area contributed by atoms with E-state index in [1.54, 1.807) is 0 Å². The van der Waals surface area contributed by atoms with E-state index in [0.717, 1.165) is 29.7 Å². The highest BCUT2D eigenvalue weighted by Crippen LogP contribution is 2.33. The Hall–Kier alpha value is -1.65. The van der Waals surface area contributed by atoms with Crippen LogP contribution in [0.5, 0.6) is 0 Å². The Morgan fingerprint density at radius 3 is 2.78 bits per heavy atom. The number of aromatic nitrogens is 1. The van der Waals surface area contributed by atoms with Crippen molar-refractivity contribution in [2.24, 2.45) is 16.2 Å². The summed E-state index contributed by atoms with van der Waals surface area (Å²) in [4.78, 5) is 14.8. The predicted molar refractivity (Wildman–Crippen MR) is 70.4 cm³/mol. The molecule has 0 radical (unpaired) electrons. The van der Waals surface area contributed by atoms with Gasteiger partial charge in [0.25, 0.3) is 5.56 Å². The van der Waals surface area contributed by atoms with Gasteiger partial charge in [0.1, 0.15) is 0 Å². The lowest BCUT2D eigenvalue weighted by Crippen LogP contribution is -2.19. The van der Waals surface area contributed by atoms with E-state index >= 15 is 0 Å². The van der Waals surface area contributed by atoms with Gasteiger partial charge in [-0.2, -0.15) is 5.11 Å². The lowest BCUT2D eigenvalue weighted by Gasteiger charge is -2.23. The number of nitrogens with zero attached hydrogens (tertiary/aromatic N) is 2. The van der Waals surface area contributed by atoms with Crippen molar-refractivity contribution in [2.45, 2.75) is 51.5 Å². The maximum Gasteiger partial charge on any atom is 0.253 e. The molecule has 0 aliphatic heterocycles. The average molecular weight is 248 g/mol. The van der Waals surface area contributed by atoms with Gasteiger partial charge in [-0.15, -0.1) is 0 Å². The first-order valence-electron chi connectivity index (χ1n) is 6.51. The molecule has 3 N–H and O–H groups in total. The first-order valence-corrected chi connectivity index (χ1v) is 6.51. The van der Waals surface area contributed by atoms with E-state index in [4.69, 9.17) is 5.84 Å². The average Bonchev–Trinajstić information content (AvgIpc) is 2.38. The van der Waals surface area contributed by atoms with Crippen molar-refractivity contribution in [3.63, 3.8) is 0 Å². The van der Waals surface area contributed by atoms with Crippen LogP contribution in [0.1, 0.15) is 54.8 Å². The van der Waals surface area contributed by atoms with Crippen LogP contribution in [0.25, 0.3) is 0 Å². The van der Waals surface area contributed by atoms with Crippen LogP contribution in [0.4, 0.5) is 0 Å². The van der Waals surface area contributed by atoms with Crippen molar-refractivity contribution < 1.29 is 0 Å². The predicted octanol–water partition coefficient (Wildman–Crippen LogP) is 2.56. The van der Waals surface area contributed by atoms with E-state index in [1.807, 2.05) is 6.92 Å². The lowest BCUT2D eigenvalue weighted by molar-refractivity contribution is 0.440. The standard InChI is InChI=1S/C13H20N4O/c1-9-7-11(10-5-3-2-4-6-10)12(8-15-17-14)13(18)16-9/h7,10H,2-6,8H2,1H3,(H2,14,15)(H,16,18). The van der Waals surface area contributed by atoms with E-state index < -0.39 is 0 Å². The second-order valence-electron chi connectivity index (χ2n) is 4.97. The van der Waals surface area contributed by atoms with Gasteiger partial charge in [0.05, 0.1) is 6.54 Å². The Morgan fingerprint density at radius 2 is 2.11 bits per heavy atom. The molecule has 1 heterocycles. The van der Waals surface area contributed by atoms with E-state index in [2.05, 4.69) is 21.4 Å². The Kier molecular flexibility index (Phi) is 4.12. The van der Waals surface area contributed by atoms with E-state index in [9.17, 15) is 4.79 Å². The summed E-state index contributed by atoms with van der Waals surface area (Å²) in [5.74, 6) is 5.52. The number of nitrogens with one attached hydrogen (secondary N) is 1. The number of pyridine rings is 1. The highest BCUT2D eigenvalue weighted by Gasteiger charge is 2.20. The van der Waals surface area contributed by atoms with E-state index in [-0.39, 0.29) is 12.1 Å². The molecule has 1 aliphatic rings. The van der Waals surface area contributed by atoms with Crippen LogP contribution in [0, 0.1) is 6.92 Å². The van der Waals surface area contributed by atoms with Crippen molar-refractivity contribution in [1.82, 2.24) is 4.98 Å². The third-order valence-corrected chi connectivity index (χ3v) is 3.66. The van der Waals surface area contributed by atoms with Crippen LogP contribution in [-0.2, 0) is 6.54 Å². The summed E-state index contributed by atoms with van der Waals surface area (Å²) in [6.07, 6.45) is 6.12. The molecule has 1 aromatic heterocycles. The third-order valence-electron chi connectivity index (χ3n) is 3.66. The van der Waals surface area contributed by atoms with Gasteiger partial charge in [-0.25, -0.2) is 0 Å². The van der Waals surface area contributed by atoms with E-state index in [0.29, 0.717) is 5.92 Å². The monoisotopic (exact) mass is 248 g/mol. The molecule has 0 amide bonds. The SMILES string of the molecule is Cc1cc(C2CCCCC2)c(CN=NN)c(=O)[nH]1. The van der Waals surface area contributed by atoms with Crippen LogP contribution >= 0.6 is 0 Å². The first-order chi connectivity index (χ1) is 8.72. The van der Waals surface area contributed by atoms with Crippen LogP contribution in [0.3, 0.4) is 0 Å². The minimum atomic E-state index is -0.0528. The van der Waals surface area contributed by atoms with Crippen LogP contribution < -0.4 is 11.4 Å². The zero-order valence-corrected chi connectivity index (χ0v) is 10.8. The fraction of sp³-hybridized carbons (Fsp3) is 0.615. The molecule has 1 fully saturated rings. The van der Waals surface area contributed by atoms with Gasteiger partial charge >= 0.3 is 0 Å². The Labute approximate surface area is 106 Å². The van der Waals surface area contributed by atoms with Crippen molar-refractivity contribution >= 4 is 0 Å². The number of hydrogen-bond donors (Lipinski definition) is 2. The molecule has 0 atom stereocenters. The fourth-order valence-electron chi connectivity index (χ4n) is 2.79. The quantitative estimate of drug-likeness (QED) is 0.489. The topological polar surface area (TPSA) is 83.6 Å². The molecular weight excluding hydrogens is 228 g/mol. The van der Waals surface area contributed by atoms with Gasteiger partial charge in [0.15, 0.2) is 0 Å². The zero-order valence-electron chi connectivity index (χ0n) is 10.8. The molecule has 0 bridgehead atoms. The van der Waals surface area contributed by atoms with Crippen molar-refractivity contribution in [1.29, 1.82) is 0 Å². The molecule has 1 aliphatic carbocycles. The zero-order chi connectivity index (χ0) is 13.0. The molecule has 0 spiro atoms. The summed E-state index contributed by atoms with van der Waals surface area (Å²) in [6, 6.07) is 2.08. The van der Waals surface area contributed by atoms with Gasteiger partial charge in [-0.05, 0) is 37.3 Å². The number of aryl methyl sites for hydroxylation is 1. The first kappa shape index (κ1) is 12.8. The minimum Gasteiger partial charge on any atom is -0.326 e. The number of hydrogen-bond acceptors (Lipinski definition) is 3.